The van der Waals surface area contributed by atoms with Crippen LogP contribution < -0.4 is 5.32 Å². The number of hydrogen-bond acceptors (Lipinski definition) is 1. The fourth-order valence-electron chi connectivity index (χ4n) is 2.05. The summed E-state index contributed by atoms with van der Waals surface area (Å²) >= 11 is 0. The van der Waals surface area contributed by atoms with Gasteiger partial charge in [0.15, 0.2) is 0 Å². The van der Waals surface area contributed by atoms with Crippen molar-refractivity contribution in [3.8, 4) is 0 Å². The standard InChI is InChI=1S/C11H22FN/c1-9(2)11(3,12)10-5-4-7-13-8-6-10/h9-10,13H,4-8H2,1-3H3. The summed E-state index contributed by atoms with van der Waals surface area (Å²) in [6.07, 6.45) is 3.15. The van der Waals surface area contributed by atoms with Gasteiger partial charge in [-0.15, -0.1) is 0 Å². The van der Waals surface area contributed by atoms with Crippen molar-refractivity contribution in [3.63, 3.8) is 0 Å². The second-order valence-corrected chi connectivity index (χ2v) is 4.68. The van der Waals surface area contributed by atoms with Gasteiger partial charge in [0, 0.05) is 0 Å². The Balaban J connectivity index is 2.57. The van der Waals surface area contributed by atoms with E-state index in [1.807, 2.05) is 13.8 Å². The Kier molecular flexibility index (Phi) is 3.72. The van der Waals surface area contributed by atoms with Crippen molar-refractivity contribution in [1.29, 1.82) is 0 Å². The average molecular weight is 187 g/mol. The molecule has 0 amide bonds. The number of hydrogen-bond donors (Lipinski definition) is 1. The van der Waals surface area contributed by atoms with Crippen LogP contribution in [-0.2, 0) is 0 Å². The molecule has 1 aliphatic heterocycles. The van der Waals surface area contributed by atoms with Crippen LogP contribution in [0.4, 0.5) is 4.39 Å². The molecule has 1 fully saturated rings. The predicted octanol–water partition coefficient (Wildman–Crippen LogP) is 2.76. The molecule has 0 radical (unpaired) electrons. The van der Waals surface area contributed by atoms with Crippen LogP contribution in [0.5, 0.6) is 0 Å². The first kappa shape index (κ1) is 11.0. The number of rotatable bonds is 2. The van der Waals surface area contributed by atoms with E-state index in [1.165, 1.54) is 0 Å². The normalized spacial score (nSPS) is 29.8. The zero-order valence-corrected chi connectivity index (χ0v) is 9.07. The van der Waals surface area contributed by atoms with Gasteiger partial charge >= 0.3 is 0 Å². The summed E-state index contributed by atoms with van der Waals surface area (Å²) in [6.45, 7) is 7.78. The van der Waals surface area contributed by atoms with Crippen molar-refractivity contribution in [2.75, 3.05) is 13.1 Å². The lowest BCUT2D eigenvalue weighted by Gasteiger charge is -2.33. The van der Waals surface area contributed by atoms with Crippen LogP contribution >= 0.6 is 0 Å². The van der Waals surface area contributed by atoms with Crippen LogP contribution in [0.1, 0.15) is 40.0 Å². The molecule has 1 nitrogen and oxygen atoms in total. The Morgan fingerprint density at radius 3 is 2.62 bits per heavy atom. The van der Waals surface area contributed by atoms with Gasteiger partial charge in [0.2, 0.25) is 0 Å². The monoisotopic (exact) mass is 187 g/mol. The number of halogens is 1. The van der Waals surface area contributed by atoms with Crippen LogP contribution in [0, 0.1) is 11.8 Å². The fraction of sp³-hybridized carbons (Fsp3) is 1.00. The maximum absolute atomic E-state index is 14.3. The molecule has 0 aromatic rings. The van der Waals surface area contributed by atoms with Crippen molar-refractivity contribution >= 4 is 0 Å². The quantitative estimate of drug-likeness (QED) is 0.701. The molecule has 13 heavy (non-hydrogen) atoms. The molecule has 0 spiro atoms. The minimum atomic E-state index is -0.980. The highest BCUT2D eigenvalue weighted by Gasteiger charge is 2.36. The van der Waals surface area contributed by atoms with Crippen LogP contribution in [0.25, 0.3) is 0 Å². The van der Waals surface area contributed by atoms with E-state index in [2.05, 4.69) is 5.32 Å². The van der Waals surface area contributed by atoms with Crippen LogP contribution in [-0.4, -0.2) is 18.8 Å². The molecule has 2 unspecified atom stereocenters. The molecule has 0 aromatic heterocycles. The fourth-order valence-corrected chi connectivity index (χ4v) is 2.05. The van der Waals surface area contributed by atoms with E-state index in [0.717, 1.165) is 32.4 Å². The Morgan fingerprint density at radius 2 is 2.00 bits per heavy atom. The average Bonchev–Trinajstić information content (AvgIpc) is 2.31. The van der Waals surface area contributed by atoms with Crippen molar-refractivity contribution in [3.05, 3.63) is 0 Å². The summed E-state index contributed by atoms with van der Waals surface area (Å²) in [4.78, 5) is 0. The molecule has 1 heterocycles. The van der Waals surface area contributed by atoms with Crippen LogP contribution in [0.2, 0.25) is 0 Å². The summed E-state index contributed by atoms with van der Waals surface area (Å²) in [5, 5.41) is 3.32. The van der Waals surface area contributed by atoms with Gasteiger partial charge in [0.05, 0.1) is 0 Å². The Bertz CT molecular complexity index is 146. The van der Waals surface area contributed by atoms with Crippen molar-refractivity contribution < 1.29 is 4.39 Å². The summed E-state index contributed by atoms with van der Waals surface area (Å²) in [6, 6.07) is 0. The lowest BCUT2D eigenvalue weighted by molar-refractivity contribution is 0.0427. The summed E-state index contributed by atoms with van der Waals surface area (Å²) in [5.74, 6) is 0.387. The maximum atomic E-state index is 14.3. The van der Waals surface area contributed by atoms with E-state index in [1.54, 1.807) is 6.92 Å². The first-order chi connectivity index (χ1) is 6.05. The third-order valence-corrected chi connectivity index (χ3v) is 3.50. The number of nitrogens with one attached hydrogen (secondary N) is 1. The van der Waals surface area contributed by atoms with Gasteiger partial charge in [-0.25, -0.2) is 4.39 Å². The van der Waals surface area contributed by atoms with Crippen LogP contribution in [0.15, 0.2) is 0 Å². The predicted molar refractivity (Wildman–Crippen MR) is 54.6 cm³/mol. The molecule has 0 saturated carbocycles. The second-order valence-electron chi connectivity index (χ2n) is 4.68. The minimum Gasteiger partial charge on any atom is -0.317 e. The first-order valence-electron chi connectivity index (χ1n) is 5.44. The molecule has 0 aliphatic carbocycles. The molecule has 1 aliphatic rings. The zero-order valence-electron chi connectivity index (χ0n) is 9.07. The SMILES string of the molecule is CC(C)C(C)(F)C1CCCNCC1. The zero-order chi connectivity index (χ0) is 9.90. The van der Waals surface area contributed by atoms with Gasteiger partial charge in [0.25, 0.3) is 0 Å². The maximum Gasteiger partial charge on any atom is 0.113 e. The van der Waals surface area contributed by atoms with E-state index < -0.39 is 5.67 Å². The highest BCUT2D eigenvalue weighted by atomic mass is 19.1. The third-order valence-electron chi connectivity index (χ3n) is 3.50. The second kappa shape index (κ2) is 4.41. The van der Waals surface area contributed by atoms with Gasteiger partial charge < -0.3 is 5.32 Å². The lowest BCUT2D eigenvalue weighted by atomic mass is 9.78. The molecular weight excluding hydrogens is 165 g/mol. The van der Waals surface area contributed by atoms with Gasteiger partial charge in [-0.3, -0.25) is 0 Å². The topological polar surface area (TPSA) is 12.0 Å². The van der Waals surface area contributed by atoms with Gasteiger partial charge in [-0.2, -0.15) is 0 Å². The van der Waals surface area contributed by atoms with E-state index in [9.17, 15) is 4.39 Å². The van der Waals surface area contributed by atoms with E-state index in [-0.39, 0.29) is 11.8 Å². The molecular formula is C11H22FN. The van der Waals surface area contributed by atoms with E-state index in [4.69, 9.17) is 0 Å². The van der Waals surface area contributed by atoms with Crippen molar-refractivity contribution in [1.82, 2.24) is 5.32 Å². The highest BCUT2D eigenvalue weighted by molar-refractivity contribution is 4.87. The van der Waals surface area contributed by atoms with E-state index in [0.29, 0.717) is 0 Å². The lowest BCUT2D eigenvalue weighted by Crippen LogP contribution is -2.35. The van der Waals surface area contributed by atoms with Crippen molar-refractivity contribution in [2.45, 2.75) is 45.7 Å². The Hall–Kier alpha value is -0.110. The Morgan fingerprint density at radius 1 is 1.31 bits per heavy atom. The molecule has 78 valence electrons. The van der Waals surface area contributed by atoms with Crippen molar-refractivity contribution in [2.24, 2.45) is 11.8 Å². The van der Waals surface area contributed by atoms with Gasteiger partial charge in [-0.05, 0) is 51.1 Å². The summed E-state index contributed by atoms with van der Waals surface area (Å²) < 4.78 is 14.3. The largest absolute Gasteiger partial charge is 0.317 e. The number of alkyl halides is 1. The van der Waals surface area contributed by atoms with Gasteiger partial charge in [-0.1, -0.05) is 13.8 Å². The molecule has 1 rings (SSSR count). The van der Waals surface area contributed by atoms with E-state index >= 15 is 0 Å². The molecule has 0 aromatic carbocycles. The minimum absolute atomic E-state index is 0.135. The summed E-state index contributed by atoms with van der Waals surface area (Å²) in [7, 11) is 0. The molecule has 2 atom stereocenters. The Labute approximate surface area is 81.1 Å². The molecule has 0 bridgehead atoms. The first-order valence-corrected chi connectivity index (χ1v) is 5.44. The molecule has 2 heteroatoms. The highest BCUT2D eigenvalue weighted by Crippen LogP contribution is 2.35. The molecule has 1 N–H and O–H groups in total. The van der Waals surface area contributed by atoms with Gasteiger partial charge in [0.1, 0.15) is 5.67 Å². The smallest absolute Gasteiger partial charge is 0.113 e. The molecule has 1 saturated heterocycles. The third kappa shape index (κ3) is 2.67. The summed E-state index contributed by atoms with van der Waals surface area (Å²) in [5.41, 5.74) is -0.980. The van der Waals surface area contributed by atoms with Crippen LogP contribution in [0.3, 0.4) is 0 Å².